The maximum atomic E-state index is 11.5. The molecule has 4 heteroatoms. The van der Waals surface area contributed by atoms with Crippen molar-refractivity contribution in [2.45, 2.75) is 32.6 Å². The lowest BCUT2D eigenvalue weighted by Gasteiger charge is -2.02. The third kappa shape index (κ3) is 4.22. The van der Waals surface area contributed by atoms with Crippen LogP contribution in [-0.2, 0) is 4.74 Å². The molecule has 0 radical (unpaired) electrons. The first-order valence-electron chi connectivity index (χ1n) is 5.15. The molecule has 0 fully saturated rings. The summed E-state index contributed by atoms with van der Waals surface area (Å²) >= 11 is 7.13. The van der Waals surface area contributed by atoms with Crippen LogP contribution in [-0.4, -0.2) is 12.6 Å². The van der Waals surface area contributed by atoms with Crippen LogP contribution in [0, 0.1) is 0 Å². The second kappa shape index (κ2) is 6.85. The maximum absolute atomic E-state index is 11.5. The summed E-state index contributed by atoms with van der Waals surface area (Å²) in [5, 5.41) is 2.27. The Kier molecular flexibility index (Phi) is 5.73. The molecule has 1 heterocycles. The van der Waals surface area contributed by atoms with Gasteiger partial charge >= 0.3 is 5.97 Å². The quantitative estimate of drug-likeness (QED) is 0.557. The smallest absolute Gasteiger partial charge is 0.349 e. The van der Waals surface area contributed by atoms with Crippen LogP contribution in [0.1, 0.15) is 42.3 Å². The van der Waals surface area contributed by atoms with E-state index >= 15 is 0 Å². The van der Waals surface area contributed by atoms with Crippen LogP contribution in [0.4, 0.5) is 0 Å². The molecule has 0 amide bonds. The molecule has 0 N–H and O–H groups in total. The van der Waals surface area contributed by atoms with Gasteiger partial charge in [0.05, 0.1) is 11.6 Å². The van der Waals surface area contributed by atoms with Crippen molar-refractivity contribution < 1.29 is 9.53 Å². The molecular formula is C11H15ClO2S. The summed E-state index contributed by atoms with van der Waals surface area (Å²) in [5.74, 6) is -0.300. The van der Waals surface area contributed by atoms with Gasteiger partial charge in [-0.1, -0.05) is 37.8 Å². The fourth-order valence-corrected chi connectivity index (χ4v) is 2.22. The highest BCUT2D eigenvalue weighted by atomic mass is 35.5. The number of hydrogen-bond acceptors (Lipinski definition) is 3. The molecule has 0 atom stereocenters. The lowest BCUT2D eigenvalue weighted by molar-refractivity contribution is 0.0504. The Balaban J connectivity index is 2.22. The van der Waals surface area contributed by atoms with E-state index in [0.29, 0.717) is 16.5 Å². The lowest BCUT2D eigenvalue weighted by atomic mass is 10.2. The first-order valence-corrected chi connectivity index (χ1v) is 6.41. The Morgan fingerprint density at radius 1 is 1.47 bits per heavy atom. The van der Waals surface area contributed by atoms with Crippen LogP contribution >= 0.6 is 22.9 Å². The minimum absolute atomic E-state index is 0.300. The molecule has 0 spiro atoms. The van der Waals surface area contributed by atoms with Crippen LogP contribution in [0.2, 0.25) is 5.02 Å². The minimum Gasteiger partial charge on any atom is -0.461 e. The Bertz CT molecular complexity index is 309. The van der Waals surface area contributed by atoms with Crippen LogP contribution in [0.5, 0.6) is 0 Å². The number of hydrogen-bond donors (Lipinski definition) is 0. The molecule has 15 heavy (non-hydrogen) atoms. The first kappa shape index (κ1) is 12.5. The van der Waals surface area contributed by atoms with Gasteiger partial charge in [-0.3, -0.25) is 0 Å². The second-order valence-corrected chi connectivity index (χ2v) is 4.62. The highest BCUT2D eigenvalue weighted by Crippen LogP contribution is 2.22. The van der Waals surface area contributed by atoms with E-state index in [4.69, 9.17) is 16.3 Å². The highest BCUT2D eigenvalue weighted by molar-refractivity contribution is 7.12. The van der Waals surface area contributed by atoms with Gasteiger partial charge in [0.1, 0.15) is 4.88 Å². The zero-order valence-electron chi connectivity index (χ0n) is 8.79. The van der Waals surface area contributed by atoms with Crippen molar-refractivity contribution in [1.29, 1.82) is 0 Å². The summed E-state index contributed by atoms with van der Waals surface area (Å²) in [6, 6.07) is 1.71. The molecule has 0 bridgehead atoms. The van der Waals surface area contributed by atoms with Gasteiger partial charge in [-0.15, -0.1) is 11.3 Å². The Hall–Kier alpha value is -0.540. The molecule has 1 rings (SSSR count). The average Bonchev–Trinajstić information content (AvgIpc) is 2.64. The SMILES string of the molecule is CCCCCCOC(=O)c1sccc1Cl. The van der Waals surface area contributed by atoms with Crippen molar-refractivity contribution in [2.75, 3.05) is 6.61 Å². The van der Waals surface area contributed by atoms with E-state index in [-0.39, 0.29) is 5.97 Å². The molecule has 0 aliphatic carbocycles. The Labute approximate surface area is 99.2 Å². The van der Waals surface area contributed by atoms with Crippen molar-refractivity contribution in [1.82, 2.24) is 0 Å². The van der Waals surface area contributed by atoms with Gasteiger partial charge in [0.2, 0.25) is 0 Å². The third-order valence-corrected chi connectivity index (χ3v) is 3.36. The van der Waals surface area contributed by atoms with Crippen LogP contribution < -0.4 is 0 Å². The zero-order chi connectivity index (χ0) is 11.1. The topological polar surface area (TPSA) is 26.3 Å². The van der Waals surface area contributed by atoms with Gasteiger partial charge in [0, 0.05) is 0 Å². The lowest BCUT2D eigenvalue weighted by Crippen LogP contribution is -2.04. The number of ether oxygens (including phenoxy) is 1. The number of carbonyl (C=O) groups excluding carboxylic acids is 1. The number of unbranched alkanes of at least 4 members (excludes halogenated alkanes) is 3. The predicted octanol–water partition coefficient (Wildman–Crippen LogP) is 4.14. The highest BCUT2D eigenvalue weighted by Gasteiger charge is 2.12. The monoisotopic (exact) mass is 246 g/mol. The van der Waals surface area contributed by atoms with Gasteiger partial charge < -0.3 is 4.74 Å². The Morgan fingerprint density at radius 3 is 2.87 bits per heavy atom. The normalized spacial score (nSPS) is 10.3. The summed E-state index contributed by atoms with van der Waals surface area (Å²) < 4.78 is 5.10. The number of carbonyl (C=O) groups is 1. The van der Waals surface area contributed by atoms with Gasteiger partial charge in [-0.25, -0.2) is 4.79 Å². The van der Waals surface area contributed by atoms with Crippen LogP contribution in [0.3, 0.4) is 0 Å². The minimum atomic E-state index is -0.300. The van der Waals surface area contributed by atoms with E-state index < -0.39 is 0 Å². The predicted molar refractivity (Wildman–Crippen MR) is 63.8 cm³/mol. The largest absolute Gasteiger partial charge is 0.461 e. The number of esters is 1. The van der Waals surface area contributed by atoms with Gasteiger partial charge in [0.15, 0.2) is 0 Å². The van der Waals surface area contributed by atoms with Crippen LogP contribution in [0.15, 0.2) is 11.4 Å². The zero-order valence-corrected chi connectivity index (χ0v) is 10.4. The standard InChI is InChI=1S/C11H15ClO2S/c1-2-3-4-5-7-14-11(13)10-9(12)6-8-15-10/h6,8H,2-5,7H2,1H3. The van der Waals surface area contributed by atoms with E-state index in [0.717, 1.165) is 12.8 Å². The number of rotatable bonds is 6. The number of halogens is 1. The van der Waals surface area contributed by atoms with E-state index in [2.05, 4.69) is 6.92 Å². The van der Waals surface area contributed by atoms with E-state index in [1.807, 2.05) is 0 Å². The van der Waals surface area contributed by atoms with E-state index in [1.54, 1.807) is 11.4 Å². The molecule has 0 saturated heterocycles. The van der Waals surface area contributed by atoms with E-state index in [9.17, 15) is 4.79 Å². The Morgan fingerprint density at radius 2 is 2.27 bits per heavy atom. The molecule has 0 unspecified atom stereocenters. The first-order chi connectivity index (χ1) is 7.25. The molecule has 1 aromatic heterocycles. The van der Waals surface area contributed by atoms with Crippen molar-refractivity contribution in [3.8, 4) is 0 Å². The van der Waals surface area contributed by atoms with Crippen molar-refractivity contribution in [3.63, 3.8) is 0 Å². The average molecular weight is 247 g/mol. The van der Waals surface area contributed by atoms with Gasteiger partial charge in [-0.2, -0.15) is 0 Å². The molecule has 0 aliphatic rings. The summed E-state index contributed by atoms with van der Waals surface area (Å²) in [4.78, 5) is 12.0. The summed E-state index contributed by atoms with van der Waals surface area (Å²) in [6.45, 7) is 2.64. The van der Waals surface area contributed by atoms with E-state index in [1.165, 1.54) is 24.2 Å². The maximum Gasteiger partial charge on any atom is 0.349 e. The molecule has 84 valence electrons. The molecular weight excluding hydrogens is 232 g/mol. The second-order valence-electron chi connectivity index (χ2n) is 3.29. The molecule has 0 aromatic carbocycles. The fraction of sp³-hybridized carbons (Fsp3) is 0.545. The van der Waals surface area contributed by atoms with Crippen molar-refractivity contribution in [3.05, 3.63) is 21.3 Å². The third-order valence-electron chi connectivity index (χ3n) is 2.03. The van der Waals surface area contributed by atoms with Gasteiger partial charge in [-0.05, 0) is 17.9 Å². The molecule has 0 aliphatic heterocycles. The molecule has 1 aromatic rings. The summed E-state index contributed by atoms with van der Waals surface area (Å²) in [7, 11) is 0. The van der Waals surface area contributed by atoms with Crippen molar-refractivity contribution >= 4 is 28.9 Å². The van der Waals surface area contributed by atoms with Crippen molar-refractivity contribution in [2.24, 2.45) is 0 Å². The molecule has 0 saturated carbocycles. The van der Waals surface area contributed by atoms with Gasteiger partial charge in [0.25, 0.3) is 0 Å². The summed E-state index contributed by atoms with van der Waals surface area (Å²) in [5.41, 5.74) is 0. The molecule has 2 nitrogen and oxygen atoms in total. The summed E-state index contributed by atoms with van der Waals surface area (Å²) in [6.07, 6.45) is 4.42. The fourth-order valence-electron chi connectivity index (χ4n) is 1.20. The number of thiophene rings is 1. The van der Waals surface area contributed by atoms with Crippen LogP contribution in [0.25, 0.3) is 0 Å².